The summed E-state index contributed by atoms with van der Waals surface area (Å²) < 4.78 is 6.15. The number of likely N-dealkylation sites (tertiary alicyclic amines) is 1. The van der Waals surface area contributed by atoms with E-state index in [1.54, 1.807) is 13.0 Å². The molecular weight excluding hydrogens is 610 g/mol. The van der Waals surface area contributed by atoms with E-state index in [-0.39, 0.29) is 30.1 Å². The molecule has 0 bridgehead atoms. The minimum Gasteiger partial charge on any atom is -0.487 e. The van der Waals surface area contributed by atoms with Crippen molar-refractivity contribution in [1.82, 2.24) is 25.1 Å². The van der Waals surface area contributed by atoms with Crippen LogP contribution < -0.4 is 21.3 Å². The van der Waals surface area contributed by atoms with E-state index in [1.807, 2.05) is 24.0 Å². The molecule has 46 heavy (non-hydrogen) atoms. The Morgan fingerprint density at radius 3 is 2.76 bits per heavy atom. The second-order valence-corrected chi connectivity index (χ2v) is 12.5. The number of piperidine rings is 1. The maximum atomic E-state index is 12.8. The summed E-state index contributed by atoms with van der Waals surface area (Å²) in [4.78, 5) is 41.9. The Bertz CT molecular complexity index is 1470. The number of nitrogens with two attached hydrogens (primary N) is 1. The van der Waals surface area contributed by atoms with Crippen molar-refractivity contribution < 1.29 is 24.3 Å². The number of aliphatic hydroxyl groups excluding tert-OH is 1. The van der Waals surface area contributed by atoms with Crippen LogP contribution >= 0.6 is 11.6 Å². The van der Waals surface area contributed by atoms with Crippen LogP contribution in [0.3, 0.4) is 0 Å². The normalized spacial score (nSPS) is 18.3. The number of fused-ring (bicyclic) bond motifs is 1. The third-order valence-electron chi connectivity index (χ3n) is 8.92. The molecule has 1 atom stereocenters. The molecule has 12 nitrogen and oxygen atoms in total. The van der Waals surface area contributed by atoms with Crippen molar-refractivity contribution in [3.8, 4) is 5.75 Å². The van der Waals surface area contributed by atoms with Gasteiger partial charge in [-0.3, -0.25) is 14.5 Å². The molecule has 1 aliphatic carbocycles. The van der Waals surface area contributed by atoms with E-state index in [2.05, 4.69) is 31.6 Å². The lowest BCUT2D eigenvalue weighted by molar-refractivity contribution is -0.129. The quantitative estimate of drug-likeness (QED) is 0.265. The van der Waals surface area contributed by atoms with E-state index in [0.29, 0.717) is 62.3 Å². The largest absolute Gasteiger partial charge is 0.487 e. The summed E-state index contributed by atoms with van der Waals surface area (Å²) in [5, 5.41) is 17.5. The van der Waals surface area contributed by atoms with Gasteiger partial charge in [-0.05, 0) is 61.8 Å². The lowest BCUT2D eigenvalue weighted by Gasteiger charge is -2.32. The van der Waals surface area contributed by atoms with Crippen LogP contribution in [-0.4, -0.2) is 88.2 Å². The average molecular weight is 654 g/mol. The fraction of sp³-hybridized carbons (Fsp3) is 0.515. The lowest BCUT2D eigenvalue weighted by atomic mass is 9.99. The van der Waals surface area contributed by atoms with Gasteiger partial charge in [-0.15, -0.1) is 0 Å². The van der Waals surface area contributed by atoms with Gasteiger partial charge in [-0.1, -0.05) is 23.7 Å². The molecule has 0 spiro atoms. The van der Waals surface area contributed by atoms with E-state index in [0.717, 1.165) is 60.1 Å². The number of hydrogen-bond donors (Lipinski definition) is 4. The zero-order chi connectivity index (χ0) is 32.6. The van der Waals surface area contributed by atoms with Crippen LogP contribution in [0.5, 0.6) is 5.75 Å². The number of carbonyl (C=O) groups excluding carboxylic acids is 2. The first-order valence-corrected chi connectivity index (χ1v) is 16.3. The number of rotatable bonds is 11. The topological polar surface area (TPSA) is 155 Å². The molecule has 2 amide bonds. The number of anilines is 1. The van der Waals surface area contributed by atoms with Gasteiger partial charge in [0, 0.05) is 70.3 Å². The number of aromatic nitrogens is 2. The van der Waals surface area contributed by atoms with E-state index in [1.165, 1.54) is 6.33 Å². The summed E-state index contributed by atoms with van der Waals surface area (Å²) in [7, 11) is 0. The summed E-state index contributed by atoms with van der Waals surface area (Å²) in [5.41, 5.74) is 4.42. The third kappa shape index (κ3) is 8.55. The molecule has 1 fully saturated rings. The molecule has 0 saturated carbocycles. The number of allylic oxidation sites excluding steroid dienone is 2. The highest BCUT2D eigenvalue weighted by Gasteiger charge is 2.24. The zero-order valence-corrected chi connectivity index (χ0v) is 27.3. The summed E-state index contributed by atoms with van der Waals surface area (Å²) in [5.74, 6) is 7.18. The number of halogens is 1. The number of carbonyl (C=O) groups is 2. The van der Waals surface area contributed by atoms with Gasteiger partial charge in [0.1, 0.15) is 36.0 Å². The molecule has 0 unspecified atom stereocenters. The van der Waals surface area contributed by atoms with Crippen molar-refractivity contribution in [2.75, 3.05) is 44.6 Å². The summed E-state index contributed by atoms with van der Waals surface area (Å²) in [6, 6.07) is 5.69. The Hall–Kier alpha value is -3.71. The van der Waals surface area contributed by atoms with Crippen molar-refractivity contribution in [1.29, 1.82) is 0 Å². The van der Waals surface area contributed by atoms with Gasteiger partial charge >= 0.3 is 0 Å². The summed E-state index contributed by atoms with van der Waals surface area (Å²) in [6.45, 7) is 7.16. The van der Waals surface area contributed by atoms with Crippen molar-refractivity contribution in [3.05, 3.63) is 69.4 Å². The second-order valence-electron chi connectivity index (χ2n) is 12.2. The first kappa shape index (κ1) is 33.6. The van der Waals surface area contributed by atoms with Crippen LogP contribution in [0.2, 0.25) is 5.02 Å². The SMILES string of the molecule is CC(=O)N1CCC(Nc2cc(C(=O)NC[C@H](O)CN3CCc4c(ccc(OCC5=C(ON)CCCC=C5C)c4Cl)C3)ncn2)CC1. The van der Waals surface area contributed by atoms with Gasteiger partial charge < -0.3 is 30.2 Å². The molecule has 1 aromatic heterocycles. The fourth-order valence-electron chi connectivity index (χ4n) is 6.24. The van der Waals surface area contributed by atoms with Crippen molar-refractivity contribution in [2.45, 2.75) is 71.1 Å². The molecule has 13 heteroatoms. The number of benzene rings is 1. The molecule has 248 valence electrons. The van der Waals surface area contributed by atoms with E-state index >= 15 is 0 Å². The molecule has 2 aliphatic heterocycles. The number of ether oxygens (including phenoxy) is 1. The van der Waals surface area contributed by atoms with Gasteiger partial charge in [0.15, 0.2) is 0 Å². The van der Waals surface area contributed by atoms with Crippen LogP contribution in [0, 0.1) is 0 Å². The van der Waals surface area contributed by atoms with Crippen LogP contribution in [-0.2, 0) is 22.6 Å². The highest BCUT2D eigenvalue weighted by atomic mass is 35.5. The minimum absolute atomic E-state index is 0.0840. The van der Waals surface area contributed by atoms with Crippen molar-refractivity contribution >= 4 is 29.2 Å². The standard InChI is InChI=1S/C33H44ClN7O5/c1-21-5-3-4-6-29(46-35)27(21)19-45-30-8-7-23-17-40(12-11-26(23)32(30)34)18-25(43)16-36-33(44)28-15-31(38-20-37-28)39-24-9-13-41(14-10-24)22(2)42/h5,7-8,15,20,24-25,43H,3-4,6,9-14,16-19,35H2,1-2H3,(H,36,44)(H,37,38,39)/t25-/m0/s1. The van der Waals surface area contributed by atoms with Gasteiger partial charge in [0.05, 0.1) is 11.1 Å². The van der Waals surface area contributed by atoms with E-state index < -0.39 is 6.10 Å². The number of aliphatic hydroxyl groups is 1. The molecule has 0 radical (unpaired) electrons. The molecular formula is C33H44ClN7O5. The summed E-state index contributed by atoms with van der Waals surface area (Å²) >= 11 is 6.81. The van der Waals surface area contributed by atoms with Gasteiger partial charge in [0.2, 0.25) is 5.91 Å². The predicted molar refractivity (Wildman–Crippen MR) is 175 cm³/mol. The van der Waals surface area contributed by atoms with Crippen LogP contribution in [0.1, 0.15) is 67.6 Å². The van der Waals surface area contributed by atoms with Crippen molar-refractivity contribution in [3.63, 3.8) is 0 Å². The van der Waals surface area contributed by atoms with Gasteiger partial charge in [-0.25, -0.2) is 9.97 Å². The second kappa shape index (κ2) is 15.7. The molecule has 3 heterocycles. The van der Waals surface area contributed by atoms with Crippen LogP contribution in [0.25, 0.3) is 0 Å². The monoisotopic (exact) mass is 653 g/mol. The molecule has 5 rings (SSSR count). The first-order valence-electron chi connectivity index (χ1n) is 15.9. The number of amides is 2. The Morgan fingerprint density at radius 1 is 1.20 bits per heavy atom. The van der Waals surface area contributed by atoms with Crippen LogP contribution in [0.4, 0.5) is 5.82 Å². The van der Waals surface area contributed by atoms with E-state index in [4.69, 9.17) is 27.1 Å². The van der Waals surface area contributed by atoms with Crippen LogP contribution in [0.15, 0.2) is 47.5 Å². The molecule has 1 aromatic carbocycles. The maximum Gasteiger partial charge on any atom is 0.270 e. The predicted octanol–water partition coefficient (Wildman–Crippen LogP) is 3.36. The average Bonchev–Trinajstić information content (AvgIpc) is 3.24. The zero-order valence-electron chi connectivity index (χ0n) is 26.6. The Morgan fingerprint density at radius 2 is 2.00 bits per heavy atom. The van der Waals surface area contributed by atoms with Crippen molar-refractivity contribution in [2.24, 2.45) is 5.90 Å². The maximum absolute atomic E-state index is 12.8. The Labute approximate surface area is 274 Å². The smallest absolute Gasteiger partial charge is 0.270 e. The Balaban J connectivity index is 1.09. The van der Waals surface area contributed by atoms with E-state index in [9.17, 15) is 14.7 Å². The lowest BCUT2D eigenvalue weighted by Crippen LogP contribution is -2.42. The Kier molecular flexibility index (Phi) is 11.5. The molecule has 3 aliphatic rings. The molecule has 2 aromatic rings. The van der Waals surface area contributed by atoms with Gasteiger partial charge in [-0.2, -0.15) is 5.90 Å². The number of nitrogens with one attached hydrogen (secondary N) is 2. The number of nitrogens with zero attached hydrogens (tertiary/aromatic N) is 4. The number of β-amino-alcohol motifs (C(OH)–C–C–N with tert-alkyl or cyclic N) is 1. The fourth-order valence-corrected chi connectivity index (χ4v) is 6.57. The first-order chi connectivity index (χ1) is 22.2. The number of hydrogen-bond acceptors (Lipinski definition) is 10. The van der Waals surface area contributed by atoms with Gasteiger partial charge in [0.25, 0.3) is 5.91 Å². The molecule has 5 N–H and O–H groups in total. The third-order valence-corrected chi connectivity index (χ3v) is 9.34. The highest BCUT2D eigenvalue weighted by molar-refractivity contribution is 6.33. The molecule has 1 saturated heterocycles. The minimum atomic E-state index is -0.766. The summed E-state index contributed by atoms with van der Waals surface area (Å²) in [6.07, 6.45) is 7.83. The highest BCUT2D eigenvalue weighted by Crippen LogP contribution is 2.35.